The van der Waals surface area contributed by atoms with E-state index in [9.17, 15) is 22.4 Å². The largest absolute Gasteiger partial charge is 0.356 e. The summed E-state index contributed by atoms with van der Waals surface area (Å²) >= 11 is 0. The molecule has 0 bridgehead atoms. The number of nitrogens with zero attached hydrogens (tertiary/aromatic N) is 1. The van der Waals surface area contributed by atoms with Crippen LogP contribution < -0.4 is 10.0 Å². The summed E-state index contributed by atoms with van der Waals surface area (Å²) < 4.78 is 41.4. The molecule has 2 aromatic carbocycles. The Morgan fingerprint density at radius 1 is 1.16 bits per heavy atom. The van der Waals surface area contributed by atoms with Crippen molar-refractivity contribution in [1.82, 2.24) is 10.2 Å². The highest BCUT2D eigenvalue weighted by atomic mass is 32.2. The van der Waals surface area contributed by atoms with E-state index in [1.807, 2.05) is 6.92 Å². The van der Waals surface area contributed by atoms with Crippen LogP contribution in [0.1, 0.15) is 36.5 Å². The van der Waals surface area contributed by atoms with E-state index < -0.39 is 15.8 Å². The SMILES string of the molecule is CCCNC(=O)C1CCCN(C(=O)c2cccc(S(=O)(=O)Nc3ccccc3F)c2)C1. The number of amides is 2. The molecular weight excluding hydrogens is 421 g/mol. The van der Waals surface area contributed by atoms with Crippen LogP contribution in [0.5, 0.6) is 0 Å². The van der Waals surface area contributed by atoms with Gasteiger partial charge in [-0.05, 0) is 49.6 Å². The summed E-state index contributed by atoms with van der Waals surface area (Å²) in [6.45, 7) is 3.36. The maximum atomic E-state index is 13.8. The third-order valence-electron chi connectivity index (χ3n) is 5.14. The van der Waals surface area contributed by atoms with Crippen molar-refractivity contribution in [3.63, 3.8) is 0 Å². The Morgan fingerprint density at radius 3 is 2.68 bits per heavy atom. The first-order valence-corrected chi connectivity index (χ1v) is 11.7. The van der Waals surface area contributed by atoms with Crippen molar-refractivity contribution in [2.75, 3.05) is 24.4 Å². The number of carbonyl (C=O) groups excluding carboxylic acids is 2. The Bertz CT molecular complexity index is 1060. The number of nitrogens with one attached hydrogen (secondary N) is 2. The van der Waals surface area contributed by atoms with Crippen molar-refractivity contribution < 1.29 is 22.4 Å². The third-order valence-corrected chi connectivity index (χ3v) is 6.50. The lowest BCUT2D eigenvalue weighted by molar-refractivity contribution is -0.126. The van der Waals surface area contributed by atoms with Crippen molar-refractivity contribution in [2.24, 2.45) is 5.92 Å². The molecule has 2 N–H and O–H groups in total. The number of hydrogen-bond donors (Lipinski definition) is 2. The van der Waals surface area contributed by atoms with Gasteiger partial charge in [-0.15, -0.1) is 0 Å². The number of hydrogen-bond acceptors (Lipinski definition) is 4. The lowest BCUT2D eigenvalue weighted by Crippen LogP contribution is -2.45. The molecule has 2 aromatic rings. The molecular formula is C22H26FN3O4S. The van der Waals surface area contributed by atoms with Gasteiger partial charge in [-0.2, -0.15) is 0 Å². The van der Waals surface area contributed by atoms with E-state index in [1.54, 1.807) is 4.90 Å². The van der Waals surface area contributed by atoms with Gasteiger partial charge in [-0.1, -0.05) is 25.1 Å². The zero-order chi connectivity index (χ0) is 22.4. The lowest BCUT2D eigenvalue weighted by atomic mass is 9.96. The first-order chi connectivity index (χ1) is 14.8. The number of para-hydroxylation sites is 1. The predicted octanol–water partition coefficient (Wildman–Crippen LogP) is 3.00. The second kappa shape index (κ2) is 9.91. The van der Waals surface area contributed by atoms with Crippen LogP contribution in [0.15, 0.2) is 53.4 Å². The molecule has 1 atom stereocenters. The van der Waals surface area contributed by atoms with Gasteiger partial charge in [0.2, 0.25) is 5.91 Å². The van der Waals surface area contributed by atoms with Crippen LogP contribution in [0, 0.1) is 11.7 Å². The molecule has 3 rings (SSSR count). The van der Waals surface area contributed by atoms with E-state index in [-0.39, 0.29) is 33.9 Å². The van der Waals surface area contributed by atoms with Crippen LogP contribution in [-0.2, 0) is 14.8 Å². The topological polar surface area (TPSA) is 95.6 Å². The fourth-order valence-electron chi connectivity index (χ4n) is 3.49. The Labute approximate surface area is 181 Å². The zero-order valence-electron chi connectivity index (χ0n) is 17.3. The minimum atomic E-state index is -4.08. The summed E-state index contributed by atoms with van der Waals surface area (Å²) in [4.78, 5) is 26.7. The molecule has 0 spiro atoms. The van der Waals surface area contributed by atoms with Gasteiger partial charge in [-0.3, -0.25) is 14.3 Å². The van der Waals surface area contributed by atoms with Gasteiger partial charge < -0.3 is 10.2 Å². The quantitative estimate of drug-likeness (QED) is 0.682. The maximum Gasteiger partial charge on any atom is 0.262 e. The van der Waals surface area contributed by atoms with Crippen molar-refractivity contribution in [3.05, 3.63) is 59.9 Å². The minimum absolute atomic E-state index is 0.0650. The molecule has 1 aliphatic heterocycles. The minimum Gasteiger partial charge on any atom is -0.356 e. The molecule has 0 aliphatic carbocycles. The first kappa shape index (κ1) is 22.7. The molecule has 9 heteroatoms. The summed E-state index contributed by atoms with van der Waals surface area (Å²) in [5.74, 6) is -1.38. The number of rotatable bonds is 7. The maximum absolute atomic E-state index is 13.8. The van der Waals surface area contributed by atoms with Crippen LogP contribution in [0.25, 0.3) is 0 Å². The summed E-state index contributed by atoms with van der Waals surface area (Å²) in [5.41, 5.74) is 0.0298. The van der Waals surface area contributed by atoms with Gasteiger partial charge in [0.05, 0.1) is 16.5 Å². The molecule has 0 saturated carbocycles. The standard InChI is InChI=1S/C22H26FN3O4S/c1-2-12-24-21(27)17-8-6-13-26(15-17)22(28)16-7-5-9-18(14-16)31(29,30)25-20-11-4-3-10-19(20)23/h3-5,7,9-11,14,17,25H,2,6,8,12-13,15H2,1H3,(H,24,27). The highest BCUT2D eigenvalue weighted by molar-refractivity contribution is 7.92. The second-order valence-electron chi connectivity index (χ2n) is 7.49. The van der Waals surface area contributed by atoms with E-state index in [0.717, 1.165) is 12.5 Å². The molecule has 0 radical (unpaired) electrons. The number of piperidine rings is 1. The number of anilines is 1. The number of halogens is 1. The summed E-state index contributed by atoms with van der Waals surface area (Å²) in [5, 5.41) is 2.86. The highest BCUT2D eigenvalue weighted by Crippen LogP contribution is 2.22. The van der Waals surface area contributed by atoms with E-state index in [1.165, 1.54) is 42.5 Å². The molecule has 1 unspecified atom stereocenters. The second-order valence-corrected chi connectivity index (χ2v) is 9.18. The number of sulfonamides is 1. The van der Waals surface area contributed by atoms with Crippen LogP contribution in [0.3, 0.4) is 0 Å². The summed E-state index contributed by atoms with van der Waals surface area (Å²) in [6.07, 6.45) is 2.24. The molecule has 31 heavy (non-hydrogen) atoms. The van der Waals surface area contributed by atoms with E-state index in [2.05, 4.69) is 10.0 Å². The first-order valence-electron chi connectivity index (χ1n) is 10.3. The Morgan fingerprint density at radius 2 is 1.94 bits per heavy atom. The summed E-state index contributed by atoms with van der Waals surface area (Å²) in [7, 11) is -4.08. The van der Waals surface area contributed by atoms with E-state index in [4.69, 9.17) is 0 Å². The average molecular weight is 448 g/mol. The van der Waals surface area contributed by atoms with Crippen molar-refractivity contribution >= 4 is 27.5 Å². The molecule has 0 aromatic heterocycles. The van der Waals surface area contributed by atoms with Crippen LogP contribution >= 0.6 is 0 Å². The smallest absolute Gasteiger partial charge is 0.262 e. The number of benzene rings is 2. The van der Waals surface area contributed by atoms with Crippen molar-refractivity contribution in [3.8, 4) is 0 Å². The van der Waals surface area contributed by atoms with Gasteiger partial charge in [-0.25, -0.2) is 12.8 Å². The van der Waals surface area contributed by atoms with Crippen LogP contribution in [0.4, 0.5) is 10.1 Å². The van der Waals surface area contributed by atoms with Gasteiger partial charge in [0.15, 0.2) is 0 Å². The normalized spacial score (nSPS) is 16.6. The predicted molar refractivity (Wildman–Crippen MR) is 116 cm³/mol. The molecule has 1 heterocycles. The molecule has 1 fully saturated rings. The van der Waals surface area contributed by atoms with Crippen molar-refractivity contribution in [1.29, 1.82) is 0 Å². The van der Waals surface area contributed by atoms with E-state index >= 15 is 0 Å². The fourth-order valence-corrected chi connectivity index (χ4v) is 4.61. The highest BCUT2D eigenvalue weighted by Gasteiger charge is 2.29. The molecule has 166 valence electrons. The van der Waals surface area contributed by atoms with Gasteiger partial charge >= 0.3 is 0 Å². The lowest BCUT2D eigenvalue weighted by Gasteiger charge is -2.32. The third kappa shape index (κ3) is 5.61. The van der Waals surface area contributed by atoms with Crippen LogP contribution in [-0.4, -0.2) is 44.8 Å². The Balaban J connectivity index is 1.75. The van der Waals surface area contributed by atoms with E-state index in [0.29, 0.717) is 32.5 Å². The van der Waals surface area contributed by atoms with Gasteiger partial charge in [0.1, 0.15) is 5.82 Å². The molecule has 7 nitrogen and oxygen atoms in total. The van der Waals surface area contributed by atoms with Gasteiger partial charge in [0.25, 0.3) is 15.9 Å². The number of carbonyl (C=O) groups is 2. The molecule has 1 aliphatic rings. The monoisotopic (exact) mass is 447 g/mol. The number of likely N-dealkylation sites (tertiary alicyclic amines) is 1. The average Bonchev–Trinajstić information content (AvgIpc) is 2.78. The zero-order valence-corrected chi connectivity index (χ0v) is 18.1. The fraction of sp³-hybridized carbons (Fsp3) is 0.364. The van der Waals surface area contributed by atoms with Crippen molar-refractivity contribution in [2.45, 2.75) is 31.1 Å². The van der Waals surface area contributed by atoms with Crippen LogP contribution in [0.2, 0.25) is 0 Å². The summed E-state index contributed by atoms with van der Waals surface area (Å²) in [6, 6.07) is 11.1. The Hall–Kier alpha value is -2.94. The molecule has 2 amide bonds. The van der Waals surface area contributed by atoms with Gasteiger partial charge in [0, 0.05) is 25.2 Å². The molecule has 1 saturated heterocycles. The Kier molecular flexibility index (Phi) is 7.27.